The Kier molecular flexibility index (Phi) is 9.37. The van der Waals surface area contributed by atoms with Gasteiger partial charge in [-0.1, -0.05) is 18.2 Å². The maximum absolute atomic E-state index is 14.0. The second-order valence-corrected chi connectivity index (χ2v) is 8.99. The second kappa shape index (κ2) is 12.7. The zero-order valence-corrected chi connectivity index (χ0v) is 21.4. The number of phenolic OH excluding ortho intramolecular Hbond substituents is 1. The Morgan fingerprint density at radius 3 is 2.38 bits per heavy atom. The smallest absolute Gasteiger partial charge is 0.323 e. The minimum Gasteiger partial charge on any atom is -0.505 e. The number of phenols is 1. The monoisotopic (exact) mass is 557 g/mol. The Bertz CT molecular complexity index is 1330. The molecule has 1 heterocycles. The van der Waals surface area contributed by atoms with Crippen molar-refractivity contribution in [2.24, 2.45) is 5.73 Å². The summed E-state index contributed by atoms with van der Waals surface area (Å²) in [5, 5.41) is 28.7. The number of esters is 1. The van der Waals surface area contributed by atoms with Crippen molar-refractivity contribution >= 4 is 35.5 Å². The number of aromatic hydroxyl groups is 1. The molecule has 0 radical (unpaired) electrons. The van der Waals surface area contributed by atoms with E-state index in [4.69, 9.17) is 16.2 Å². The highest BCUT2D eigenvalue weighted by molar-refractivity contribution is 6.01. The van der Waals surface area contributed by atoms with Crippen molar-refractivity contribution in [3.8, 4) is 5.75 Å². The number of hydrogen-bond acceptors (Lipinski definition) is 8. The number of carbonyl (C=O) groups is 5. The molecule has 3 rings (SSSR count). The number of nitrogen functional groups attached to an aromatic ring is 1. The molecule has 0 saturated carbocycles. The molecule has 1 aliphatic heterocycles. The first-order valence-corrected chi connectivity index (χ1v) is 12.0. The number of amides is 3. The Hall–Kier alpha value is -5.01. The van der Waals surface area contributed by atoms with E-state index in [0.717, 1.165) is 29.0 Å². The highest BCUT2D eigenvalue weighted by Gasteiger charge is 2.42. The minimum atomic E-state index is -1.40. The van der Waals surface area contributed by atoms with Crippen LogP contribution in [0.3, 0.4) is 0 Å². The van der Waals surface area contributed by atoms with Crippen LogP contribution in [0.4, 0.5) is 4.39 Å². The highest BCUT2D eigenvalue weighted by atomic mass is 19.1. The van der Waals surface area contributed by atoms with Crippen LogP contribution in [0.5, 0.6) is 5.75 Å². The predicted molar refractivity (Wildman–Crippen MR) is 137 cm³/mol. The number of carboxylic acid groups (broad SMARTS) is 1. The molecule has 14 heteroatoms. The van der Waals surface area contributed by atoms with Gasteiger partial charge in [0.05, 0.1) is 13.5 Å². The summed E-state index contributed by atoms with van der Waals surface area (Å²) >= 11 is 0. The van der Waals surface area contributed by atoms with Crippen molar-refractivity contribution < 1.29 is 43.3 Å². The number of rotatable bonds is 10. The molecule has 1 saturated heterocycles. The Morgan fingerprint density at radius 2 is 1.80 bits per heavy atom. The Balaban J connectivity index is 1.94. The first kappa shape index (κ1) is 29.5. The van der Waals surface area contributed by atoms with Crippen molar-refractivity contribution in [3.63, 3.8) is 0 Å². The Morgan fingerprint density at radius 1 is 1.15 bits per heavy atom. The van der Waals surface area contributed by atoms with Gasteiger partial charge in [-0.25, -0.2) is 4.39 Å². The van der Waals surface area contributed by atoms with Crippen LogP contribution < -0.4 is 11.1 Å². The molecule has 0 aromatic heterocycles. The number of carbonyl (C=O) groups excluding carboxylic acids is 4. The Labute approximate surface area is 227 Å². The molecule has 1 aliphatic rings. The topological polar surface area (TPSA) is 203 Å². The van der Waals surface area contributed by atoms with E-state index in [1.165, 1.54) is 30.3 Å². The summed E-state index contributed by atoms with van der Waals surface area (Å²) in [4.78, 5) is 65.3. The molecule has 2 atom stereocenters. The lowest BCUT2D eigenvalue weighted by molar-refractivity contribution is -0.159. The lowest BCUT2D eigenvalue weighted by Crippen LogP contribution is -2.63. The standard InChI is InChI=1S/C26H28FN5O8/c1-40-22(36)12-19-26(39)31(13-21(34)35)8-9-32(19)25(38)18(11-14-2-7-20(33)17(27)10-14)30-24(37)16-5-3-15(4-6-16)23(28)29/h2-7,10,18-19,33H,8-9,11-13H2,1H3,(H3,28,29)(H,30,37)(H,34,35)/t18-,19-/m0/s1. The summed E-state index contributed by atoms with van der Waals surface area (Å²) < 4.78 is 18.7. The van der Waals surface area contributed by atoms with Gasteiger partial charge in [0.15, 0.2) is 11.6 Å². The number of nitrogens with one attached hydrogen (secondary N) is 2. The van der Waals surface area contributed by atoms with Gasteiger partial charge in [0, 0.05) is 30.6 Å². The third kappa shape index (κ3) is 7.09. The molecular weight excluding hydrogens is 529 g/mol. The summed E-state index contributed by atoms with van der Waals surface area (Å²) in [5.74, 6) is -6.13. The van der Waals surface area contributed by atoms with E-state index in [2.05, 4.69) is 10.1 Å². The van der Waals surface area contributed by atoms with Gasteiger partial charge in [-0.15, -0.1) is 0 Å². The fraction of sp³-hybridized carbons (Fsp3) is 0.308. The largest absolute Gasteiger partial charge is 0.505 e. The van der Waals surface area contributed by atoms with Gasteiger partial charge >= 0.3 is 11.9 Å². The summed E-state index contributed by atoms with van der Waals surface area (Å²) in [7, 11) is 1.09. The fourth-order valence-electron chi connectivity index (χ4n) is 4.22. The normalized spacial score (nSPS) is 15.8. The highest BCUT2D eigenvalue weighted by Crippen LogP contribution is 2.21. The summed E-state index contributed by atoms with van der Waals surface area (Å²) in [6.45, 7) is -0.930. The van der Waals surface area contributed by atoms with Gasteiger partial charge in [-0.05, 0) is 29.8 Å². The van der Waals surface area contributed by atoms with Crippen LogP contribution in [0.15, 0.2) is 42.5 Å². The van der Waals surface area contributed by atoms with E-state index < -0.39 is 66.3 Å². The number of nitrogens with two attached hydrogens (primary N) is 1. The van der Waals surface area contributed by atoms with Gasteiger partial charge in [-0.2, -0.15) is 0 Å². The van der Waals surface area contributed by atoms with E-state index in [1.807, 2.05) is 0 Å². The lowest BCUT2D eigenvalue weighted by atomic mass is 10.0. The third-order valence-electron chi connectivity index (χ3n) is 6.29. The number of piperazine rings is 1. The van der Waals surface area contributed by atoms with Gasteiger partial charge in [-0.3, -0.25) is 29.4 Å². The molecule has 0 unspecified atom stereocenters. The predicted octanol–water partition coefficient (Wildman–Crippen LogP) is -0.156. The second-order valence-electron chi connectivity index (χ2n) is 8.99. The lowest BCUT2D eigenvalue weighted by Gasteiger charge is -2.41. The van der Waals surface area contributed by atoms with Gasteiger partial charge < -0.3 is 35.8 Å². The number of ether oxygens (including phenoxy) is 1. The van der Waals surface area contributed by atoms with Crippen LogP contribution in [0.25, 0.3) is 0 Å². The number of methoxy groups -OCH3 is 1. The molecule has 40 heavy (non-hydrogen) atoms. The zero-order valence-electron chi connectivity index (χ0n) is 21.4. The third-order valence-corrected chi connectivity index (χ3v) is 6.29. The molecule has 2 aromatic carbocycles. The SMILES string of the molecule is COC(=O)C[C@H]1C(=O)N(CC(=O)O)CCN1C(=O)[C@H](Cc1ccc(O)c(F)c1)NC(=O)c1ccc(C(=N)N)cc1. The summed E-state index contributed by atoms with van der Waals surface area (Å²) in [6, 6.07) is 6.33. The van der Waals surface area contributed by atoms with Crippen molar-refractivity contribution in [1.29, 1.82) is 5.41 Å². The average molecular weight is 558 g/mol. The van der Waals surface area contributed by atoms with Crippen LogP contribution in [-0.4, -0.2) is 94.3 Å². The zero-order chi connectivity index (χ0) is 29.6. The van der Waals surface area contributed by atoms with E-state index in [-0.39, 0.29) is 36.5 Å². The summed E-state index contributed by atoms with van der Waals surface area (Å²) in [6.07, 6.45) is -0.806. The maximum Gasteiger partial charge on any atom is 0.323 e. The van der Waals surface area contributed by atoms with Gasteiger partial charge in [0.1, 0.15) is 24.5 Å². The number of nitrogens with zero attached hydrogens (tertiary/aromatic N) is 2. The quantitative estimate of drug-likeness (QED) is 0.149. The molecule has 2 aromatic rings. The van der Waals surface area contributed by atoms with Crippen LogP contribution in [0.1, 0.15) is 27.9 Å². The molecule has 1 fully saturated rings. The van der Waals surface area contributed by atoms with Crippen molar-refractivity contribution in [2.75, 3.05) is 26.7 Å². The molecule has 0 aliphatic carbocycles. The summed E-state index contributed by atoms with van der Waals surface area (Å²) in [5.41, 5.74) is 6.17. The van der Waals surface area contributed by atoms with E-state index in [9.17, 15) is 33.5 Å². The molecule has 0 bridgehead atoms. The molecule has 13 nitrogen and oxygen atoms in total. The molecule has 3 amide bonds. The number of halogens is 1. The van der Waals surface area contributed by atoms with Crippen LogP contribution in [-0.2, 0) is 30.3 Å². The number of amidine groups is 1. The first-order chi connectivity index (χ1) is 18.9. The van der Waals surface area contributed by atoms with Crippen LogP contribution in [0.2, 0.25) is 0 Å². The van der Waals surface area contributed by atoms with Gasteiger partial charge in [0.25, 0.3) is 5.91 Å². The maximum atomic E-state index is 14.0. The fourth-order valence-corrected chi connectivity index (χ4v) is 4.22. The number of hydrogen-bond donors (Lipinski definition) is 5. The molecular formula is C26H28FN5O8. The number of benzene rings is 2. The molecule has 212 valence electrons. The molecule has 6 N–H and O–H groups in total. The number of aliphatic carboxylic acids is 1. The van der Waals surface area contributed by atoms with Crippen molar-refractivity contribution in [3.05, 3.63) is 65.0 Å². The van der Waals surface area contributed by atoms with E-state index in [0.29, 0.717) is 5.56 Å². The minimum absolute atomic E-state index is 0.119. The molecule has 0 spiro atoms. The van der Waals surface area contributed by atoms with E-state index in [1.54, 1.807) is 0 Å². The number of carboxylic acids is 1. The van der Waals surface area contributed by atoms with Crippen molar-refractivity contribution in [2.45, 2.75) is 24.9 Å². The van der Waals surface area contributed by atoms with Crippen molar-refractivity contribution in [1.82, 2.24) is 15.1 Å². The van der Waals surface area contributed by atoms with Gasteiger partial charge in [0.2, 0.25) is 11.8 Å². The average Bonchev–Trinajstić information content (AvgIpc) is 2.91. The van der Waals surface area contributed by atoms with Crippen LogP contribution >= 0.6 is 0 Å². The van der Waals surface area contributed by atoms with Crippen LogP contribution in [0, 0.1) is 11.2 Å². The first-order valence-electron chi connectivity index (χ1n) is 12.0. The van der Waals surface area contributed by atoms with E-state index >= 15 is 0 Å².